The number of carbonyl (C=O) groups excluding carboxylic acids is 1. The first-order valence-corrected chi connectivity index (χ1v) is 5.56. The van der Waals surface area contributed by atoms with Crippen molar-refractivity contribution in [1.29, 1.82) is 0 Å². The van der Waals surface area contributed by atoms with Crippen LogP contribution >= 0.6 is 11.6 Å². The molecule has 0 saturated heterocycles. The molecule has 0 saturated carbocycles. The summed E-state index contributed by atoms with van der Waals surface area (Å²) in [7, 11) is 0. The molecule has 2 rings (SSSR count). The Labute approximate surface area is 104 Å². The van der Waals surface area contributed by atoms with Gasteiger partial charge in [0.15, 0.2) is 0 Å². The minimum atomic E-state index is -0.324. The normalized spacial score (nSPS) is 10.2. The number of aldehydes is 1. The van der Waals surface area contributed by atoms with Gasteiger partial charge in [0.2, 0.25) is 0 Å². The average molecular weight is 249 g/mol. The second-order valence-corrected chi connectivity index (χ2v) is 4.12. The summed E-state index contributed by atoms with van der Waals surface area (Å²) in [5.74, 6) is -0.324. The lowest BCUT2D eigenvalue weighted by Gasteiger charge is -2.08. The minimum absolute atomic E-state index is 0.266. The van der Waals surface area contributed by atoms with E-state index in [0.29, 0.717) is 10.6 Å². The van der Waals surface area contributed by atoms with E-state index in [4.69, 9.17) is 11.6 Å². The summed E-state index contributed by atoms with van der Waals surface area (Å²) in [6.07, 6.45) is 1.07. The highest BCUT2D eigenvalue weighted by Gasteiger charge is 2.06. The molecule has 0 heterocycles. The molecule has 0 atom stereocenters. The Hall–Kier alpha value is -1.67. The van der Waals surface area contributed by atoms with Gasteiger partial charge in [0.05, 0.1) is 0 Å². The van der Waals surface area contributed by atoms with Crippen LogP contribution in [0.5, 0.6) is 0 Å². The molecule has 0 amide bonds. The Morgan fingerprint density at radius 2 is 2.00 bits per heavy atom. The zero-order valence-corrected chi connectivity index (χ0v) is 9.75. The van der Waals surface area contributed by atoms with Crippen LogP contribution in [0.25, 0.3) is 11.1 Å². The molecule has 0 unspecified atom stereocenters. The molecule has 0 aliphatic heterocycles. The van der Waals surface area contributed by atoms with E-state index in [1.807, 2.05) is 6.07 Å². The molecule has 0 spiro atoms. The fourth-order valence-electron chi connectivity index (χ4n) is 1.74. The first-order chi connectivity index (χ1) is 8.20. The molecule has 0 N–H and O–H groups in total. The predicted octanol–water partition coefficient (Wildman–Crippen LogP) is 3.89. The highest BCUT2D eigenvalue weighted by Crippen LogP contribution is 2.27. The van der Waals surface area contributed by atoms with Crippen molar-refractivity contribution in [2.45, 2.75) is 6.42 Å². The van der Waals surface area contributed by atoms with Gasteiger partial charge < -0.3 is 4.79 Å². The maximum Gasteiger partial charge on any atom is 0.124 e. The second-order valence-electron chi connectivity index (χ2n) is 3.68. The molecule has 17 heavy (non-hydrogen) atoms. The van der Waals surface area contributed by atoms with Gasteiger partial charge in [0.25, 0.3) is 0 Å². The van der Waals surface area contributed by atoms with Gasteiger partial charge in [-0.3, -0.25) is 0 Å². The lowest BCUT2D eigenvalue weighted by Crippen LogP contribution is -1.92. The molecule has 0 aliphatic rings. The summed E-state index contributed by atoms with van der Waals surface area (Å²) in [6, 6.07) is 11.5. The maximum atomic E-state index is 13.3. The Morgan fingerprint density at radius 3 is 2.71 bits per heavy atom. The number of benzene rings is 2. The molecule has 0 aromatic heterocycles. The van der Waals surface area contributed by atoms with Crippen molar-refractivity contribution in [2.24, 2.45) is 0 Å². The molecular formula is C14H10ClFO. The van der Waals surface area contributed by atoms with Crippen LogP contribution in [0.1, 0.15) is 5.56 Å². The van der Waals surface area contributed by atoms with Crippen molar-refractivity contribution in [3.8, 4) is 11.1 Å². The van der Waals surface area contributed by atoms with Crippen LogP contribution < -0.4 is 0 Å². The monoisotopic (exact) mass is 248 g/mol. The van der Waals surface area contributed by atoms with Gasteiger partial charge in [0, 0.05) is 11.4 Å². The largest absolute Gasteiger partial charge is 0.303 e. The lowest BCUT2D eigenvalue weighted by molar-refractivity contribution is -0.107. The number of hydrogen-bond donors (Lipinski definition) is 0. The van der Waals surface area contributed by atoms with Crippen LogP contribution in [0, 0.1) is 5.82 Å². The fourth-order valence-corrected chi connectivity index (χ4v) is 1.93. The van der Waals surface area contributed by atoms with Gasteiger partial charge >= 0.3 is 0 Å². The molecule has 2 aromatic rings. The summed E-state index contributed by atoms with van der Waals surface area (Å²) in [5, 5.41) is 0.587. The number of rotatable bonds is 3. The van der Waals surface area contributed by atoms with Crippen molar-refractivity contribution in [2.75, 3.05) is 0 Å². The van der Waals surface area contributed by atoms with E-state index in [-0.39, 0.29) is 12.2 Å². The summed E-state index contributed by atoms with van der Waals surface area (Å²) >= 11 is 5.90. The molecule has 86 valence electrons. The highest BCUT2D eigenvalue weighted by atomic mass is 35.5. The van der Waals surface area contributed by atoms with E-state index in [1.54, 1.807) is 24.3 Å². The van der Waals surface area contributed by atoms with Crippen molar-refractivity contribution >= 4 is 17.9 Å². The summed E-state index contributed by atoms with van der Waals surface area (Å²) < 4.78 is 13.3. The van der Waals surface area contributed by atoms with E-state index in [0.717, 1.165) is 17.4 Å². The molecule has 0 radical (unpaired) electrons. The first-order valence-electron chi connectivity index (χ1n) is 5.18. The maximum absolute atomic E-state index is 13.3. The zero-order chi connectivity index (χ0) is 12.3. The van der Waals surface area contributed by atoms with Crippen molar-refractivity contribution in [3.63, 3.8) is 0 Å². The van der Waals surface area contributed by atoms with Gasteiger partial charge in [-0.1, -0.05) is 29.8 Å². The van der Waals surface area contributed by atoms with Crippen molar-refractivity contribution in [1.82, 2.24) is 0 Å². The summed E-state index contributed by atoms with van der Waals surface area (Å²) in [4.78, 5) is 10.6. The number of carbonyl (C=O) groups is 1. The van der Waals surface area contributed by atoms with Crippen molar-refractivity contribution < 1.29 is 9.18 Å². The Kier molecular flexibility index (Phi) is 3.55. The topological polar surface area (TPSA) is 17.1 Å². The van der Waals surface area contributed by atoms with Crippen LogP contribution in [-0.4, -0.2) is 6.29 Å². The fraction of sp³-hybridized carbons (Fsp3) is 0.0714. The van der Waals surface area contributed by atoms with Gasteiger partial charge in [0.1, 0.15) is 12.1 Å². The highest BCUT2D eigenvalue weighted by molar-refractivity contribution is 6.30. The smallest absolute Gasteiger partial charge is 0.124 e. The Morgan fingerprint density at radius 1 is 1.18 bits per heavy atom. The third-order valence-corrected chi connectivity index (χ3v) is 2.75. The summed E-state index contributed by atoms with van der Waals surface area (Å²) in [5.41, 5.74) is 2.32. The van der Waals surface area contributed by atoms with Gasteiger partial charge in [-0.2, -0.15) is 0 Å². The molecular weight excluding hydrogens is 239 g/mol. The molecule has 2 aromatic carbocycles. The van der Waals surface area contributed by atoms with Crippen molar-refractivity contribution in [3.05, 3.63) is 58.9 Å². The third-order valence-electron chi connectivity index (χ3n) is 2.51. The molecule has 1 nitrogen and oxygen atoms in total. The van der Waals surface area contributed by atoms with Gasteiger partial charge in [-0.15, -0.1) is 0 Å². The summed E-state index contributed by atoms with van der Waals surface area (Å²) in [6.45, 7) is 0. The van der Waals surface area contributed by atoms with Crippen LogP contribution in [-0.2, 0) is 11.2 Å². The Bertz CT molecular complexity index is 552. The quantitative estimate of drug-likeness (QED) is 0.754. The molecule has 0 bridgehead atoms. The number of halogens is 2. The minimum Gasteiger partial charge on any atom is -0.303 e. The van der Waals surface area contributed by atoms with Gasteiger partial charge in [-0.05, 0) is 41.0 Å². The Balaban J connectivity index is 2.56. The van der Waals surface area contributed by atoms with Gasteiger partial charge in [-0.25, -0.2) is 4.39 Å². The van der Waals surface area contributed by atoms with E-state index in [1.165, 1.54) is 12.1 Å². The van der Waals surface area contributed by atoms with E-state index in [9.17, 15) is 9.18 Å². The lowest BCUT2D eigenvalue weighted by atomic mass is 9.98. The first kappa shape index (κ1) is 11.8. The van der Waals surface area contributed by atoms with Crippen LogP contribution in [0.3, 0.4) is 0 Å². The SMILES string of the molecule is O=CCc1ccc(F)cc1-c1cccc(Cl)c1. The molecule has 3 heteroatoms. The number of hydrogen-bond acceptors (Lipinski definition) is 1. The zero-order valence-electron chi connectivity index (χ0n) is 8.99. The van der Waals surface area contributed by atoms with Crippen LogP contribution in [0.15, 0.2) is 42.5 Å². The van der Waals surface area contributed by atoms with E-state index >= 15 is 0 Å². The van der Waals surface area contributed by atoms with E-state index in [2.05, 4.69) is 0 Å². The standard InChI is InChI=1S/C14H10ClFO/c15-12-3-1-2-11(8-12)14-9-13(16)5-4-10(14)6-7-17/h1-5,7-9H,6H2. The third kappa shape index (κ3) is 2.71. The molecule has 0 aliphatic carbocycles. The van der Waals surface area contributed by atoms with Crippen LogP contribution in [0.4, 0.5) is 4.39 Å². The predicted molar refractivity (Wildman–Crippen MR) is 66.6 cm³/mol. The molecule has 0 fully saturated rings. The van der Waals surface area contributed by atoms with Crippen LogP contribution in [0.2, 0.25) is 5.02 Å². The second kappa shape index (κ2) is 5.11. The average Bonchev–Trinajstić information content (AvgIpc) is 2.32. The van der Waals surface area contributed by atoms with E-state index < -0.39 is 0 Å².